The van der Waals surface area contributed by atoms with Gasteiger partial charge in [0.15, 0.2) is 0 Å². The average Bonchev–Trinajstić information content (AvgIpc) is 2.03. The maximum Gasteiger partial charge on any atom is 0.142 e. The lowest BCUT2D eigenvalue weighted by Gasteiger charge is -2.24. The summed E-state index contributed by atoms with van der Waals surface area (Å²) in [6.07, 6.45) is 5.57. The third-order valence-electron chi connectivity index (χ3n) is 2.24. The van der Waals surface area contributed by atoms with E-state index in [9.17, 15) is 4.79 Å². The van der Waals surface area contributed by atoms with E-state index >= 15 is 0 Å². The van der Waals surface area contributed by atoms with Crippen LogP contribution in [0.15, 0.2) is 11.6 Å². The third-order valence-corrected chi connectivity index (χ3v) is 2.24. The summed E-state index contributed by atoms with van der Waals surface area (Å²) in [5, 5.41) is 0. The first-order valence-electron chi connectivity index (χ1n) is 5.26. The lowest BCUT2D eigenvalue weighted by atomic mass is 9.99. The highest BCUT2D eigenvalue weighted by Gasteiger charge is 2.16. The van der Waals surface area contributed by atoms with E-state index in [2.05, 4.69) is 13.8 Å². The third kappa shape index (κ3) is 6.84. The van der Waals surface area contributed by atoms with Crippen LogP contribution in [0.3, 0.4) is 0 Å². The Bertz CT molecular complexity index is 192. The van der Waals surface area contributed by atoms with Crippen LogP contribution in [0.5, 0.6) is 0 Å². The van der Waals surface area contributed by atoms with Crippen molar-refractivity contribution in [3.05, 3.63) is 11.6 Å². The second-order valence-corrected chi connectivity index (χ2v) is 4.20. The Labute approximate surface area is 87.3 Å². The SMILES string of the molecule is CCOC(C)(C)CCCC(C)=CC=O. The van der Waals surface area contributed by atoms with Gasteiger partial charge in [0.05, 0.1) is 5.60 Å². The first-order valence-corrected chi connectivity index (χ1v) is 5.26. The highest BCUT2D eigenvalue weighted by Crippen LogP contribution is 2.19. The molecule has 0 rings (SSSR count). The van der Waals surface area contributed by atoms with Gasteiger partial charge < -0.3 is 4.74 Å². The van der Waals surface area contributed by atoms with Gasteiger partial charge in [-0.15, -0.1) is 0 Å². The van der Waals surface area contributed by atoms with Crippen molar-refractivity contribution in [2.75, 3.05) is 6.61 Å². The molecule has 2 nitrogen and oxygen atoms in total. The molecule has 0 spiro atoms. The molecule has 0 bridgehead atoms. The molecule has 0 aliphatic rings. The zero-order valence-electron chi connectivity index (χ0n) is 9.80. The number of aldehydes is 1. The van der Waals surface area contributed by atoms with Gasteiger partial charge in [0.2, 0.25) is 0 Å². The minimum atomic E-state index is -0.0315. The van der Waals surface area contributed by atoms with Crippen LogP contribution in [0.4, 0.5) is 0 Å². The molecule has 0 saturated carbocycles. The van der Waals surface area contributed by atoms with Crippen LogP contribution in [0.1, 0.15) is 47.0 Å². The van der Waals surface area contributed by atoms with Crippen molar-refractivity contribution < 1.29 is 9.53 Å². The highest BCUT2D eigenvalue weighted by molar-refractivity contribution is 5.65. The van der Waals surface area contributed by atoms with Gasteiger partial charge in [0, 0.05) is 6.61 Å². The van der Waals surface area contributed by atoms with Crippen LogP contribution in [-0.2, 0) is 9.53 Å². The summed E-state index contributed by atoms with van der Waals surface area (Å²) < 4.78 is 5.58. The first-order chi connectivity index (χ1) is 6.52. The summed E-state index contributed by atoms with van der Waals surface area (Å²) in [6.45, 7) is 8.97. The zero-order chi connectivity index (χ0) is 11.0. The molecule has 0 aromatic heterocycles. The molecule has 14 heavy (non-hydrogen) atoms. The Morgan fingerprint density at radius 3 is 2.57 bits per heavy atom. The number of hydrogen-bond donors (Lipinski definition) is 0. The summed E-state index contributed by atoms with van der Waals surface area (Å²) in [5.41, 5.74) is 1.11. The van der Waals surface area contributed by atoms with Gasteiger partial charge >= 0.3 is 0 Å². The predicted molar refractivity (Wildman–Crippen MR) is 59.4 cm³/mol. The number of carbonyl (C=O) groups excluding carboxylic acids is 1. The monoisotopic (exact) mass is 198 g/mol. The van der Waals surface area contributed by atoms with Gasteiger partial charge in [0.1, 0.15) is 6.29 Å². The molecule has 0 fully saturated rings. The number of hydrogen-bond acceptors (Lipinski definition) is 2. The molecule has 0 unspecified atom stereocenters. The Hall–Kier alpha value is -0.630. The molecule has 0 aliphatic heterocycles. The molecule has 82 valence electrons. The summed E-state index contributed by atoms with van der Waals surface area (Å²) in [5.74, 6) is 0. The molecule has 0 aromatic rings. The Morgan fingerprint density at radius 2 is 2.07 bits per heavy atom. The van der Waals surface area contributed by atoms with Crippen LogP contribution >= 0.6 is 0 Å². The molecule has 0 radical (unpaired) electrons. The lowest BCUT2D eigenvalue weighted by molar-refractivity contribution is -0.104. The fraction of sp³-hybridized carbons (Fsp3) is 0.750. The van der Waals surface area contributed by atoms with E-state index in [1.54, 1.807) is 6.08 Å². The van der Waals surface area contributed by atoms with Crippen molar-refractivity contribution in [2.24, 2.45) is 0 Å². The van der Waals surface area contributed by atoms with Crippen LogP contribution < -0.4 is 0 Å². The Balaban J connectivity index is 3.72. The maximum absolute atomic E-state index is 10.2. The summed E-state index contributed by atoms with van der Waals surface area (Å²) in [6, 6.07) is 0. The predicted octanol–water partition coefficient (Wildman–Crippen LogP) is 3.12. The van der Waals surface area contributed by atoms with Gasteiger partial charge in [0.25, 0.3) is 0 Å². The number of allylic oxidation sites excluding steroid dienone is 2. The van der Waals surface area contributed by atoms with E-state index < -0.39 is 0 Å². The van der Waals surface area contributed by atoms with Crippen LogP contribution in [0.2, 0.25) is 0 Å². The fourth-order valence-electron chi connectivity index (χ4n) is 1.46. The van der Waals surface area contributed by atoms with E-state index in [1.807, 2.05) is 13.8 Å². The molecule has 0 aliphatic carbocycles. The molecule has 0 heterocycles. The van der Waals surface area contributed by atoms with Gasteiger partial charge in [-0.05, 0) is 53.0 Å². The smallest absolute Gasteiger partial charge is 0.142 e. The molecule has 0 N–H and O–H groups in total. The van der Waals surface area contributed by atoms with E-state index in [-0.39, 0.29) is 5.60 Å². The standard InChI is InChI=1S/C12H22O2/c1-5-14-12(3,4)9-6-7-11(2)8-10-13/h8,10H,5-7,9H2,1-4H3. The van der Waals surface area contributed by atoms with Gasteiger partial charge in [-0.25, -0.2) is 0 Å². The molecule has 2 heteroatoms. The molecular formula is C12H22O2. The van der Waals surface area contributed by atoms with E-state index in [0.717, 1.165) is 37.7 Å². The van der Waals surface area contributed by atoms with Gasteiger partial charge in [-0.3, -0.25) is 4.79 Å². The summed E-state index contributed by atoms with van der Waals surface area (Å²) in [4.78, 5) is 10.2. The molecular weight excluding hydrogens is 176 g/mol. The normalized spacial score (nSPS) is 13.0. The molecule has 0 saturated heterocycles. The topological polar surface area (TPSA) is 26.3 Å². The largest absolute Gasteiger partial charge is 0.376 e. The summed E-state index contributed by atoms with van der Waals surface area (Å²) >= 11 is 0. The number of ether oxygens (including phenoxy) is 1. The van der Waals surface area contributed by atoms with Crippen molar-refractivity contribution in [3.8, 4) is 0 Å². The average molecular weight is 198 g/mol. The van der Waals surface area contributed by atoms with Crippen LogP contribution in [0.25, 0.3) is 0 Å². The van der Waals surface area contributed by atoms with Crippen molar-refractivity contribution in [1.29, 1.82) is 0 Å². The van der Waals surface area contributed by atoms with Crippen molar-refractivity contribution in [1.82, 2.24) is 0 Å². The molecule has 0 atom stereocenters. The van der Waals surface area contributed by atoms with E-state index in [4.69, 9.17) is 4.74 Å². The van der Waals surface area contributed by atoms with Crippen LogP contribution in [0, 0.1) is 0 Å². The minimum absolute atomic E-state index is 0.0315. The molecule has 0 aromatic carbocycles. The fourth-order valence-corrected chi connectivity index (χ4v) is 1.46. The molecule has 0 amide bonds. The minimum Gasteiger partial charge on any atom is -0.376 e. The Morgan fingerprint density at radius 1 is 1.43 bits per heavy atom. The number of carbonyl (C=O) groups is 1. The lowest BCUT2D eigenvalue weighted by Crippen LogP contribution is -2.24. The van der Waals surface area contributed by atoms with Crippen molar-refractivity contribution >= 4 is 6.29 Å². The van der Waals surface area contributed by atoms with Gasteiger partial charge in [-0.1, -0.05) is 5.57 Å². The first kappa shape index (κ1) is 13.4. The summed E-state index contributed by atoms with van der Waals surface area (Å²) in [7, 11) is 0. The second kappa shape index (κ2) is 6.77. The Kier molecular flexibility index (Phi) is 6.46. The van der Waals surface area contributed by atoms with Crippen LogP contribution in [-0.4, -0.2) is 18.5 Å². The van der Waals surface area contributed by atoms with Crippen molar-refractivity contribution in [2.45, 2.75) is 52.6 Å². The highest BCUT2D eigenvalue weighted by atomic mass is 16.5. The zero-order valence-corrected chi connectivity index (χ0v) is 9.80. The van der Waals surface area contributed by atoms with E-state index in [1.165, 1.54) is 0 Å². The number of rotatable bonds is 7. The van der Waals surface area contributed by atoms with Crippen molar-refractivity contribution in [3.63, 3.8) is 0 Å². The van der Waals surface area contributed by atoms with Gasteiger partial charge in [-0.2, -0.15) is 0 Å². The second-order valence-electron chi connectivity index (χ2n) is 4.20. The quantitative estimate of drug-likeness (QED) is 0.464. The maximum atomic E-state index is 10.2. The van der Waals surface area contributed by atoms with E-state index in [0.29, 0.717) is 0 Å².